The van der Waals surface area contributed by atoms with Gasteiger partial charge in [-0.15, -0.1) is 59.3 Å². The van der Waals surface area contributed by atoms with E-state index in [4.69, 9.17) is 19.4 Å². The second kappa shape index (κ2) is 16.4. The van der Waals surface area contributed by atoms with E-state index in [9.17, 15) is 0 Å². The van der Waals surface area contributed by atoms with Gasteiger partial charge in [0.2, 0.25) is 0 Å². The van der Waals surface area contributed by atoms with Gasteiger partial charge in [-0.1, -0.05) is 47.5 Å². The molecule has 296 valence electrons. The number of rotatable bonds is 7. The van der Waals surface area contributed by atoms with Gasteiger partial charge in [0.05, 0.1) is 40.2 Å². The van der Waals surface area contributed by atoms with Crippen LogP contribution in [0.1, 0.15) is 41.4 Å². The Morgan fingerprint density at radius 1 is 0.593 bits per heavy atom. The molecule has 0 aliphatic carbocycles. The number of nitrogens with zero attached hydrogens (tertiary/aromatic N) is 6. The standard InChI is InChI=1S/C27H26N3O2.C23H18N3.Pt/c1-5-19(31-4)16-32-20-13-17(2)26-23(14-20)21-10-6-7-11-22(21)27-29-25(15-30(26)27)24-12-8-9-18(3)28-24;1-14-11-15(2)22-19(12-14)17-8-4-5-9-18(17)23-25-21(13-26(22)23)20-10-6-7-16(3)24-20;/h6-10,12-15,19H,5,16H2,1-4H3;4-8,10-13H,1-3H3;/q2*-1;+2. The van der Waals surface area contributed by atoms with Crippen LogP contribution >= 0.6 is 0 Å². The van der Waals surface area contributed by atoms with Crippen LogP contribution in [0.4, 0.5) is 0 Å². The van der Waals surface area contributed by atoms with Gasteiger partial charge in [-0.25, -0.2) is 0 Å². The van der Waals surface area contributed by atoms with Gasteiger partial charge in [0, 0.05) is 41.9 Å². The molecule has 0 fully saturated rings. The van der Waals surface area contributed by atoms with Crippen molar-refractivity contribution < 1.29 is 30.5 Å². The maximum absolute atomic E-state index is 6.12. The molecule has 0 saturated carbocycles. The van der Waals surface area contributed by atoms with E-state index in [0.29, 0.717) is 6.61 Å². The second-order valence-corrected chi connectivity index (χ2v) is 15.1. The molecule has 0 bridgehead atoms. The molecule has 0 aliphatic rings. The van der Waals surface area contributed by atoms with E-state index >= 15 is 0 Å². The minimum atomic E-state index is 0. The van der Waals surface area contributed by atoms with Gasteiger partial charge in [0.1, 0.15) is 12.4 Å². The van der Waals surface area contributed by atoms with Crippen LogP contribution in [0.15, 0.2) is 109 Å². The van der Waals surface area contributed by atoms with Crippen LogP contribution in [0.2, 0.25) is 0 Å². The van der Waals surface area contributed by atoms with E-state index in [-0.39, 0.29) is 27.2 Å². The molecule has 59 heavy (non-hydrogen) atoms. The largest absolute Gasteiger partial charge is 2.00 e. The smallest absolute Gasteiger partial charge is 0.491 e. The fourth-order valence-electron chi connectivity index (χ4n) is 8.15. The molecule has 4 aromatic carbocycles. The van der Waals surface area contributed by atoms with Crippen molar-refractivity contribution in [3.05, 3.63) is 150 Å². The number of fused-ring (bicyclic) bond motifs is 12. The van der Waals surface area contributed by atoms with E-state index in [1.54, 1.807) is 7.11 Å². The van der Waals surface area contributed by atoms with Crippen molar-refractivity contribution >= 4 is 54.6 Å². The summed E-state index contributed by atoms with van der Waals surface area (Å²) in [5, 5.41) is 6.68. The summed E-state index contributed by atoms with van der Waals surface area (Å²) in [5.41, 5.74) is 13.2. The number of pyridine rings is 4. The van der Waals surface area contributed by atoms with Crippen molar-refractivity contribution in [1.82, 2.24) is 28.7 Å². The van der Waals surface area contributed by atoms with Crippen LogP contribution in [0.5, 0.6) is 5.75 Å². The van der Waals surface area contributed by atoms with Crippen molar-refractivity contribution in [2.75, 3.05) is 13.7 Å². The molecule has 6 heterocycles. The third-order valence-corrected chi connectivity index (χ3v) is 10.9. The molecular weight excluding hydrogens is 912 g/mol. The van der Waals surface area contributed by atoms with Gasteiger partial charge in [-0.3, -0.25) is 19.9 Å². The molecule has 0 amide bonds. The first-order chi connectivity index (χ1) is 28.2. The maximum atomic E-state index is 6.12. The molecule has 0 radical (unpaired) electrons. The molecular formula is C50H44N6O2Pt. The molecule has 0 N–H and O–H groups in total. The Bertz CT molecular complexity index is 3180. The first-order valence-corrected chi connectivity index (χ1v) is 19.7. The van der Waals surface area contributed by atoms with Gasteiger partial charge in [-0.2, -0.15) is 0 Å². The fraction of sp³-hybridized carbons (Fsp3) is 0.200. The van der Waals surface area contributed by atoms with Crippen LogP contribution in [-0.4, -0.2) is 48.6 Å². The van der Waals surface area contributed by atoms with Crippen molar-refractivity contribution in [3.63, 3.8) is 0 Å². The Morgan fingerprint density at radius 2 is 1.12 bits per heavy atom. The minimum absolute atomic E-state index is 0. The normalized spacial score (nSPS) is 12.0. The first-order valence-electron chi connectivity index (χ1n) is 19.7. The SMILES string of the molecule is CCC(COc1cc(C)c2c(c1)c1ccc[c-]c1c1nc(-c3cccc(C)n3)cn12)OC.Cc1cc(C)c2c(c1)c1ccc[c-]c1c1nc(-c3cccc(C)n3)cn12.[Pt+2]. The molecule has 10 rings (SSSR count). The third-order valence-electron chi connectivity index (χ3n) is 10.9. The predicted molar refractivity (Wildman–Crippen MR) is 235 cm³/mol. The summed E-state index contributed by atoms with van der Waals surface area (Å²) in [6.45, 7) is 13.1. The molecule has 6 aromatic heterocycles. The van der Waals surface area contributed by atoms with Crippen LogP contribution in [-0.2, 0) is 25.8 Å². The summed E-state index contributed by atoms with van der Waals surface area (Å²) in [7, 11) is 1.73. The number of hydrogen-bond acceptors (Lipinski definition) is 6. The Morgan fingerprint density at radius 3 is 1.63 bits per heavy atom. The Labute approximate surface area is 358 Å². The molecule has 10 aromatic rings. The zero-order chi connectivity index (χ0) is 40.1. The summed E-state index contributed by atoms with van der Waals surface area (Å²) in [4.78, 5) is 19.2. The van der Waals surface area contributed by atoms with Crippen LogP contribution in [0, 0.1) is 46.8 Å². The van der Waals surface area contributed by atoms with Crippen molar-refractivity contribution in [2.24, 2.45) is 0 Å². The molecule has 0 aliphatic heterocycles. The Kier molecular flexibility index (Phi) is 11.1. The Balaban J connectivity index is 0.000000164. The van der Waals surface area contributed by atoms with Crippen molar-refractivity contribution in [2.45, 2.75) is 54.1 Å². The molecule has 0 spiro atoms. The number of ether oxygens (including phenoxy) is 2. The number of methoxy groups -OCH3 is 1. The average Bonchev–Trinajstić information content (AvgIpc) is 3.88. The minimum Gasteiger partial charge on any atom is -0.491 e. The molecule has 9 heteroatoms. The summed E-state index contributed by atoms with van der Waals surface area (Å²) in [6.07, 6.45) is 5.16. The van der Waals surface area contributed by atoms with Gasteiger partial charge >= 0.3 is 21.1 Å². The van der Waals surface area contributed by atoms with Crippen molar-refractivity contribution in [3.8, 4) is 28.5 Å². The molecule has 1 atom stereocenters. The number of imidazole rings is 2. The summed E-state index contributed by atoms with van der Waals surface area (Å²) < 4.78 is 15.9. The number of aryl methyl sites for hydroxylation is 5. The number of hydrogen-bond donors (Lipinski definition) is 0. The van der Waals surface area contributed by atoms with E-state index in [1.165, 1.54) is 27.4 Å². The molecule has 0 saturated heterocycles. The fourth-order valence-corrected chi connectivity index (χ4v) is 8.15. The van der Waals surface area contributed by atoms with E-state index in [0.717, 1.165) is 90.3 Å². The van der Waals surface area contributed by atoms with Gasteiger partial charge in [0.25, 0.3) is 0 Å². The zero-order valence-corrected chi connectivity index (χ0v) is 36.5. The van der Waals surface area contributed by atoms with Crippen molar-refractivity contribution in [1.29, 1.82) is 0 Å². The number of aromatic nitrogens is 6. The quantitative estimate of drug-likeness (QED) is 0.117. The van der Waals surface area contributed by atoms with E-state index < -0.39 is 0 Å². The van der Waals surface area contributed by atoms with Crippen LogP contribution in [0.3, 0.4) is 0 Å². The summed E-state index contributed by atoms with van der Waals surface area (Å²) >= 11 is 0. The summed E-state index contributed by atoms with van der Waals surface area (Å²) in [6, 6.07) is 39.8. The van der Waals surface area contributed by atoms with E-state index in [2.05, 4.69) is 107 Å². The topological polar surface area (TPSA) is 78.8 Å². The Hall–Kier alpha value is -5.95. The maximum Gasteiger partial charge on any atom is 2.00 e. The van der Waals surface area contributed by atoms with E-state index in [1.807, 2.05) is 74.5 Å². The third kappa shape index (κ3) is 7.36. The zero-order valence-electron chi connectivity index (χ0n) is 34.2. The second-order valence-electron chi connectivity index (χ2n) is 15.1. The van der Waals surface area contributed by atoms with Gasteiger partial charge in [-0.05, 0) is 99.3 Å². The first kappa shape index (κ1) is 39.9. The van der Waals surface area contributed by atoms with Crippen LogP contribution < -0.4 is 4.74 Å². The monoisotopic (exact) mass is 955 g/mol. The van der Waals surface area contributed by atoms with Crippen LogP contribution in [0.25, 0.3) is 77.4 Å². The summed E-state index contributed by atoms with van der Waals surface area (Å²) in [5.74, 6) is 0.843. The van der Waals surface area contributed by atoms with Gasteiger partial charge in [0.15, 0.2) is 0 Å². The molecule has 8 nitrogen and oxygen atoms in total. The van der Waals surface area contributed by atoms with Gasteiger partial charge < -0.3 is 18.3 Å². The number of benzene rings is 4. The average molecular weight is 956 g/mol. The molecule has 1 unspecified atom stereocenters. The predicted octanol–water partition coefficient (Wildman–Crippen LogP) is 11.3.